The van der Waals surface area contributed by atoms with Gasteiger partial charge in [0.05, 0.1) is 11.3 Å². The van der Waals surface area contributed by atoms with Gasteiger partial charge < -0.3 is 15.1 Å². The van der Waals surface area contributed by atoms with Crippen molar-refractivity contribution in [2.24, 2.45) is 0 Å². The summed E-state index contributed by atoms with van der Waals surface area (Å²) in [6.45, 7) is 1.43. The lowest BCUT2D eigenvalue weighted by Crippen LogP contribution is -2.27. The highest BCUT2D eigenvalue weighted by molar-refractivity contribution is 5.98. The van der Waals surface area contributed by atoms with E-state index < -0.39 is 0 Å². The van der Waals surface area contributed by atoms with Crippen molar-refractivity contribution in [2.75, 3.05) is 44.0 Å². The zero-order valence-corrected chi connectivity index (χ0v) is 14.6. The number of carbonyl (C=O) groups is 1. The van der Waals surface area contributed by atoms with Crippen LogP contribution in [0.25, 0.3) is 0 Å². The Bertz CT molecular complexity index is 832. The van der Waals surface area contributed by atoms with Crippen molar-refractivity contribution in [3.05, 3.63) is 46.0 Å². The van der Waals surface area contributed by atoms with E-state index in [9.17, 15) is 9.59 Å². The minimum absolute atomic E-state index is 0.126. The van der Waals surface area contributed by atoms with E-state index in [0.29, 0.717) is 23.9 Å². The molecule has 1 unspecified atom stereocenters. The van der Waals surface area contributed by atoms with Crippen LogP contribution in [0.15, 0.2) is 29.2 Å². The molecule has 1 saturated heterocycles. The lowest BCUT2D eigenvalue weighted by molar-refractivity contribution is 0.0963. The van der Waals surface area contributed by atoms with Gasteiger partial charge in [0.15, 0.2) is 0 Å². The summed E-state index contributed by atoms with van der Waals surface area (Å²) in [6, 6.07) is 5.08. The molecule has 0 aliphatic carbocycles. The molecule has 0 spiro atoms. The van der Waals surface area contributed by atoms with Gasteiger partial charge in [0.25, 0.3) is 11.5 Å². The third-order valence-corrected chi connectivity index (χ3v) is 4.34. The quantitative estimate of drug-likeness (QED) is 0.844. The Labute approximate surface area is 145 Å². The highest BCUT2D eigenvalue weighted by atomic mass is 16.1. The number of amides is 1. The van der Waals surface area contributed by atoms with Crippen molar-refractivity contribution in [3.63, 3.8) is 0 Å². The maximum atomic E-state index is 12.1. The topological polar surface area (TPSA) is 94.2 Å². The van der Waals surface area contributed by atoms with Crippen LogP contribution in [0.3, 0.4) is 0 Å². The first-order valence-corrected chi connectivity index (χ1v) is 8.20. The third-order valence-electron chi connectivity index (χ3n) is 4.34. The number of aromatic nitrogens is 3. The van der Waals surface area contributed by atoms with E-state index in [1.165, 1.54) is 0 Å². The fourth-order valence-corrected chi connectivity index (χ4v) is 3.04. The summed E-state index contributed by atoms with van der Waals surface area (Å²) in [7, 11) is 5.29. The zero-order valence-electron chi connectivity index (χ0n) is 14.6. The summed E-state index contributed by atoms with van der Waals surface area (Å²) in [5.74, 6) is 1.18. The molecule has 8 nitrogen and oxygen atoms in total. The number of pyridine rings is 1. The highest BCUT2D eigenvalue weighted by Crippen LogP contribution is 2.30. The maximum Gasteiger partial charge on any atom is 0.254 e. The van der Waals surface area contributed by atoms with Gasteiger partial charge in [-0.05, 0) is 18.6 Å². The number of H-pyrrole nitrogens is 1. The Kier molecular flexibility index (Phi) is 4.69. The van der Waals surface area contributed by atoms with E-state index in [2.05, 4.69) is 25.2 Å². The molecule has 8 heteroatoms. The molecule has 1 amide bonds. The minimum Gasteiger partial charge on any atom is -0.355 e. The summed E-state index contributed by atoms with van der Waals surface area (Å²) in [4.78, 5) is 39.5. The molecule has 1 fully saturated rings. The molecule has 132 valence electrons. The molecule has 25 heavy (non-hydrogen) atoms. The molecule has 0 saturated carbocycles. The van der Waals surface area contributed by atoms with Gasteiger partial charge in [0, 0.05) is 52.4 Å². The van der Waals surface area contributed by atoms with Crippen molar-refractivity contribution in [2.45, 2.75) is 12.3 Å². The largest absolute Gasteiger partial charge is 0.355 e. The van der Waals surface area contributed by atoms with Gasteiger partial charge in [-0.1, -0.05) is 0 Å². The SMILES string of the molecule is CNC(=O)c1cccnc1N1CCC(c2cc(=O)[nH]c(N(C)C)n2)C1. The van der Waals surface area contributed by atoms with Crippen molar-refractivity contribution in [3.8, 4) is 0 Å². The Morgan fingerprint density at radius 1 is 1.44 bits per heavy atom. The maximum absolute atomic E-state index is 12.1. The second-order valence-corrected chi connectivity index (χ2v) is 6.27. The molecular formula is C17H22N6O2. The number of carbonyl (C=O) groups excluding carboxylic acids is 1. The van der Waals surface area contributed by atoms with Crippen LogP contribution in [0.1, 0.15) is 28.4 Å². The molecule has 0 bridgehead atoms. The summed E-state index contributed by atoms with van der Waals surface area (Å²) >= 11 is 0. The summed E-state index contributed by atoms with van der Waals surface area (Å²) in [5.41, 5.74) is 1.17. The lowest BCUT2D eigenvalue weighted by Gasteiger charge is -2.20. The minimum atomic E-state index is -0.157. The standard InChI is InChI=1S/C17H22N6O2/c1-18-16(25)12-5-4-7-19-15(12)23-8-6-11(10-23)13-9-14(24)21-17(20-13)22(2)3/h4-5,7,9,11H,6,8,10H2,1-3H3,(H,18,25)(H,20,21,24). The average Bonchev–Trinajstić information content (AvgIpc) is 3.10. The predicted molar refractivity (Wildman–Crippen MR) is 96.4 cm³/mol. The molecule has 2 N–H and O–H groups in total. The van der Waals surface area contributed by atoms with Crippen molar-refractivity contribution < 1.29 is 4.79 Å². The van der Waals surface area contributed by atoms with Gasteiger partial charge in [-0.3, -0.25) is 14.6 Å². The number of aromatic amines is 1. The zero-order chi connectivity index (χ0) is 18.0. The van der Waals surface area contributed by atoms with E-state index in [1.54, 1.807) is 36.3 Å². The van der Waals surface area contributed by atoms with Crippen molar-refractivity contribution in [1.82, 2.24) is 20.3 Å². The molecule has 1 aliphatic rings. The van der Waals surface area contributed by atoms with Gasteiger partial charge in [-0.2, -0.15) is 0 Å². The summed E-state index contributed by atoms with van der Waals surface area (Å²) < 4.78 is 0. The molecular weight excluding hydrogens is 320 g/mol. The van der Waals surface area contributed by atoms with E-state index in [-0.39, 0.29) is 17.4 Å². The molecule has 3 rings (SSSR count). The van der Waals surface area contributed by atoms with Crippen LogP contribution in [0, 0.1) is 0 Å². The van der Waals surface area contributed by atoms with E-state index in [0.717, 1.165) is 18.7 Å². The van der Waals surface area contributed by atoms with Crippen LogP contribution in [0.2, 0.25) is 0 Å². The van der Waals surface area contributed by atoms with Crippen LogP contribution in [-0.2, 0) is 0 Å². The van der Waals surface area contributed by atoms with Gasteiger partial charge in [-0.25, -0.2) is 9.97 Å². The van der Waals surface area contributed by atoms with Crippen LogP contribution >= 0.6 is 0 Å². The number of hydrogen-bond acceptors (Lipinski definition) is 6. The second kappa shape index (κ2) is 6.92. The number of rotatable bonds is 4. The fraction of sp³-hybridized carbons (Fsp3) is 0.412. The fourth-order valence-electron chi connectivity index (χ4n) is 3.04. The van der Waals surface area contributed by atoms with Gasteiger partial charge in [0.1, 0.15) is 5.82 Å². The first-order chi connectivity index (χ1) is 12.0. The smallest absolute Gasteiger partial charge is 0.254 e. The van der Waals surface area contributed by atoms with Gasteiger partial charge in [0.2, 0.25) is 5.95 Å². The Hall–Kier alpha value is -2.90. The molecule has 0 aromatic carbocycles. The predicted octanol–water partition coefficient (Wildman–Crippen LogP) is 0.584. The highest BCUT2D eigenvalue weighted by Gasteiger charge is 2.29. The van der Waals surface area contributed by atoms with Crippen molar-refractivity contribution >= 4 is 17.7 Å². The van der Waals surface area contributed by atoms with Crippen LogP contribution in [-0.4, -0.2) is 55.1 Å². The van der Waals surface area contributed by atoms with E-state index >= 15 is 0 Å². The first-order valence-electron chi connectivity index (χ1n) is 8.20. The number of anilines is 2. The molecule has 2 aromatic heterocycles. The van der Waals surface area contributed by atoms with Gasteiger partial charge >= 0.3 is 0 Å². The Morgan fingerprint density at radius 3 is 2.96 bits per heavy atom. The average molecular weight is 342 g/mol. The third kappa shape index (κ3) is 3.47. The summed E-state index contributed by atoms with van der Waals surface area (Å²) in [5, 5.41) is 2.65. The number of nitrogens with one attached hydrogen (secondary N) is 2. The molecule has 0 radical (unpaired) electrons. The molecule has 1 atom stereocenters. The molecule has 1 aliphatic heterocycles. The molecule has 2 aromatic rings. The second-order valence-electron chi connectivity index (χ2n) is 6.27. The van der Waals surface area contributed by atoms with Gasteiger partial charge in [-0.15, -0.1) is 0 Å². The van der Waals surface area contributed by atoms with Crippen LogP contribution in [0.4, 0.5) is 11.8 Å². The molecule has 3 heterocycles. The number of nitrogens with zero attached hydrogens (tertiary/aromatic N) is 4. The lowest BCUT2D eigenvalue weighted by atomic mass is 10.1. The first kappa shape index (κ1) is 16.9. The Morgan fingerprint density at radius 2 is 2.24 bits per heavy atom. The van der Waals surface area contributed by atoms with Crippen LogP contribution in [0.5, 0.6) is 0 Å². The van der Waals surface area contributed by atoms with E-state index in [1.807, 2.05) is 14.1 Å². The Balaban J connectivity index is 1.86. The normalized spacial score (nSPS) is 16.8. The number of hydrogen-bond donors (Lipinski definition) is 2. The monoisotopic (exact) mass is 342 g/mol. The van der Waals surface area contributed by atoms with Crippen molar-refractivity contribution in [1.29, 1.82) is 0 Å². The summed E-state index contributed by atoms with van der Waals surface area (Å²) in [6.07, 6.45) is 2.54. The van der Waals surface area contributed by atoms with Crippen LogP contribution < -0.4 is 20.7 Å². The van der Waals surface area contributed by atoms with E-state index in [4.69, 9.17) is 0 Å².